The summed E-state index contributed by atoms with van der Waals surface area (Å²) in [5, 5.41) is 8.99. The lowest BCUT2D eigenvalue weighted by molar-refractivity contribution is 0.174. The molecule has 114 valence electrons. The van der Waals surface area contributed by atoms with Crippen LogP contribution in [0.4, 0.5) is 0 Å². The molecular formula is C14H25N3O2S. The monoisotopic (exact) mass is 299 g/mol. The molecule has 0 radical (unpaired) electrons. The maximum Gasteiger partial charge on any atom is 0.213 e. The summed E-state index contributed by atoms with van der Waals surface area (Å²) in [4.78, 5) is 2.33. The van der Waals surface area contributed by atoms with Gasteiger partial charge in [-0.15, -0.1) is 0 Å². The second kappa shape index (κ2) is 6.00. The van der Waals surface area contributed by atoms with E-state index < -0.39 is 15.4 Å². The Kier molecular flexibility index (Phi) is 4.73. The largest absolute Gasteiger partial charge is 0.301 e. The Morgan fingerprint density at radius 1 is 1.50 bits per heavy atom. The average molecular weight is 299 g/mol. The average Bonchev–Trinajstić information content (AvgIpc) is 3.07. The van der Waals surface area contributed by atoms with Crippen LogP contribution in [0.2, 0.25) is 0 Å². The van der Waals surface area contributed by atoms with Gasteiger partial charge in [0.25, 0.3) is 0 Å². The zero-order chi connectivity index (χ0) is 14.8. The smallest absolute Gasteiger partial charge is 0.213 e. The number of nitrogens with one attached hydrogen (secondary N) is 1. The number of hydrogen-bond acceptors (Lipinski definition) is 4. The molecule has 1 aliphatic carbocycles. The molecule has 1 heterocycles. The van der Waals surface area contributed by atoms with Crippen molar-refractivity contribution in [3.63, 3.8) is 0 Å². The Balaban J connectivity index is 1.81. The SMILES string of the molecule is C[C@@H]1CCCN(C[C@H](C)NS(=O)(=O)CC2(C#N)CC2)C1. The molecule has 0 spiro atoms. The molecule has 1 N–H and O–H groups in total. The maximum atomic E-state index is 12.1. The van der Waals surface area contributed by atoms with Crippen molar-refractivity contribution in [2.45, 2.75) is 45.6 Å². The summed E-state index contributed by atoms with van der Waals surface area (Å²) in [6.07, 6.45) is 3.88. The quantitative estimate of drug-likeness (QED) is 0.803. The third-order valence-corrected chi connectivity index (χ3v) is 5.91. The highest BCUT2D eigenvalue weighted by atomic mass is 32.2. The van der Waals surface area contributed by atoms with Gasteiger partial charge in [0.05, 0.1) is 17.2 Å². The van der Waals surface area contributed by atoms with Crippen LogP contribution in [0.5, 0.6) is 0 Å². The van der Waals surface area contributed by atoms with E-state index in [0.29, 0.717) is 18.8 Å². The first-order valence-electron chi connectivity index (χ1n) is 7.48. The van der Waals surface area contributed by atoms with Crippen LogP contribution in [0.25, 0.3) is 0 Å². The first-order valence-corrected chi connectivity index (χ1v) is 9.13. The molecule has 2 aliphatic rings. The van der Waals surface area contributed by atoms with E-state index in [1.807, 2.05) is 6.92 Å². The summed E-state index contributed by atoms with van der Waals surface area (Å²) in [6, 6.07) is 2.04. The predicted octanol–water partition coefficient (Wildman–Crippen LogP) is 1.33. The zero-order valence-electron chi connectivity index (χ0n) is 12.4. The van der Waals surface area contributed by atoms with Crippen molar-refractivity contribution in [2.75, 3.05) is 25.4 Å². The van der Waals surface area contributed by atoms with Crippen LogP contribution in [-0.2, 0) is 10.0 Å². The molecule has 2 fully saturated rings. The van der Waals surface area contributed by atoms with Crippen molar-refractivity contribution in [3.05, 3.63) is 0 Å². The normalized spacial score (nSPS) is 27.8. The lowest BCUT2D eigenvalue weighted by Gasteiger charge is -2.32. The molecule has 0 aromatic carbocycles. The molecule has 6 heteroatoms. The highest BCUT2D eigenvalue weighted by Crippen LogP contribution is 2.45. The van der Waals surface area contributed by atoms with Crippen molar-refractivity contribution in [2.24, 2.45) is 11.3 Å². The van der Waals surface area contributed by atoms with Crippen molar-refractivity contribution in [1.82, 2.24) is 9.62 Å². The molecule has 0 unspecified atom stereocenters. The third-order valence-electron chi connectivity index (χ3n) is 4.21. The van der Waals surface area contributed by atoms with Crippen LogP contribution in [-0.4, -0.2) is 44.7 Å². The van der Waals surface area contributed by atoms with E-state index >= 15 is 0 Å². The summed E-state index contributed by atoms with van der Waals surface area (Å²) in [6.45, 7) is 7.00. The minimum absolute atomic E-state index is 0.0444. The van der Waals surface area contributed by atoms with E-state index in [-0.39, 0.29) is 11.8 Å². The van der Waals surface area contributed by atoms with E-state index in [9.17, 15) is 8.42 Å². The Morgan fingerprint density at radius 3 is 2.75 bits per heavy atom. The van der Waals surface area contributed by atoms with E-state index in [4.69, 9.17) is 5.26 Å². The van der Waals surface area contributed by atoms with E-state index in [1.54, 1.807) is 0 Å². The summed E-state index contributed by atoms with van der Waals surface area (Å²) in [5.74, 6) is 0.651. The number of nitriles is 1. The van der Waals surface area contributed by atoms with Crippen LogP contribution >= 0.6 is 0 Å². The van der Waals surface area contributed by atoms with Gasteiger partial charge in [-0.1, -0.05) is 6.92 Å². The molecular weight excluding hydrogens is 274 g/mol. The molecule has 5 nitrogen and oxygen atoms in total. The van der Waals surface area contributed by atoms with Crippen LogP contribution in [0, 0.1) is 22.7 Å². The first kappa shape index (κ1) is 15.7. The molecule has 0 amide bonds. The van der Waals surface area contributed by atoms with Gasteiger partial charge in [0.2, 0.25) is 10.0 Å². The van der Waals surface area contributed by atoms with Crippen molar-refractivity contribution in [3.8, 4) is 6.07 Å². The second-order valence-electron chi connectivity index (χ2n) is 6.68. The van der Waals surface area contributed by atoms with Gasteiger partial charge in [0.1, 0.15) is 0 Å². The molecule has 1 saturated carbocycles. The highest BCUT2D eigenvalue weighted by Gasteiger charge is 2.47. The van der Waals surface area contributed by atoms with E-state index in [2.05, 4.69) is 22.6 Å². The van der Waals surface area contributed by atoms with Crippen molar-refractivity contribution < 1.29 is 8.42 Å². The fraction of sp³-hybridized carbons (Fsp3) is 0.929. The Bertz CT molecular complexity index is 479. The number of likely N-dealkylation sites (tertiary alicyclic amines) is 1. The van der Waals surface area contributed by atoms with Gasteiger partial charge in [0, 0.05) is 19.1 Å². The molecule has 1 aliphatic heterocycles. The maximum absolute atomic E-state index is 12.1. The predicted molar refractivity (Wildman–Crippen MR) is 78.5 cm³/mol. The summed E-state index contributed by atoms with van der Waals surface area (Å²) < 4.78 is 26.9. The zero-order valence-corrected chi connectivity index (χ0v) is 13.2. The van der Waals surface area contributed by atoms with Crippen LogP contribution in [0.15, 0.2) is 0 Å². The number of rotatable bonds is 6. The summed E-state index contributed by atoms with van der Waals surface area (Å²) in [7, 11) is -3.35. The van der Waals surface area contributed by atoms with Gasteiger partial charge < -0.3 is 4.90 Å². The molecule has 0 aromatic rings. The molecule has 2 atom stereocenters. The summed E-state index contributed by atoms with van der Waals surface area (Å²) >= 11 is 0. The lowest BCUT2D eigenvalue weighted by atomic mass is 10.00. The first-order chi connectivity index (χ1) is 9.34. The van der Waals surface area contributed by atoms with Gasteiger partial charge in [-0.3, -0.25) is 0 Å². The van der Waals surface area contributed by atoms with Crippen molar-refractivity contribution >= 4 is 10.0 Å². The lowest BCUT2D eigenvalue weighted by Crippen LogP contribution is -2.46. The highest BCUT2D eigenvalue weighted by molar-refractivity contribution is 7.89. The third kappa shape index (κ3) is 4.44. The van der Waals surface area contributed by atoms with Gasteiger partial charge in [-0.05, 0) is 45.1 Å². The summed E-state index contributed by atoms with van der Waals surface area (Å²) in [5.41, 5.74) is -0.606. The van der Waals surface area contributed by atoms with Crippen LogP contribution in [0.3, 0.4) is 0 Å². The fourth-order valence-electron chi connectivity index (χ4n) is 3.03. The molecule has 0 bridgehead atoms. The Labute approximate surface area is 122 Å². The standard InChI is InChI=1S/C14H25N3O2S/c1-12-4-3-7-17(8-12)9-13(2)16-20(18,19)11-14(10-15)5-6-14/h12-13,16H,3-9,11H2,1-2H3/t12-,13+/m1/s1. The van der Waals surface area contributed by atoms with Gasteiger partial charge in [-0.25, -0.2) is 13.1 Å². The Hall–Kier alpha value is -0.640. The molecule has 20 heavy (non-hydrogen) atoms. The van der Waals surface area contributed by atoms with E-state index in [0.717, 1.165) is 19.6 Å². The number of hydrogen-bond donors (Lipinski definition) is 1. The van der Waals surface area contributed by atoms with Gasteiger partial charge in [-0.2, -0.15) is 5.26 Å². The number of nitrogens with zero attached hydrogens (tertiary/aromatic N) is 2. The van der Waals surface area contributed by atoms with Gasteiger partial charge in [0.15, 0.2) is 0 Å². The number of sulfonamides is 1. The van der Waals surface area contributed by atoms with Crippen LogP contribution in [0.1, 0.15) is 39.5 Å². The van der Waals surface area contributed by atoms with Crippen molar-refractivity contribution in [1.29, 1.82) is 5.26 Å². The molecule has 0 aromatic heterocycles. The Morgan fingerprint density at radius 2 is 2.20 bits per heavy atom. The molecule has 2 rings (SSSR count). The minimum Gasteiger partial charge on any atom is -0.301 e. The second-order valence-corrected chi connectivity index (χ2v) is 8.43. The minimum atomic E-state index is -3.35. The molecule has 1 saturated heterocycles. The van der Waals surface area contributed by atoms with Gasteiger partial charge >= 0.3 is 0 Å². The van der Waals surface area contributed by atoms with E-state index in [1.165, 1.54) is 12.8 Å². The fourth-order valence-corrected chi connectivity index (χ4v) is 4.88. The topological polar surface area (TPSA) is 73.2 Å². The van der Waals surface area contributed by atoms with Crippen LogP contribution < -0.4 is 4.72 Å². The number of piperidine rings is 1.